The topological polar surface area (TPSA) is 64.4 Å². The zero-order valence-corrected chi connectivity index (χ0v) is 11.0. The van der Waals surface area contributed by atoms with Gasteiger partial charge in [0.25, 0.3) is 0 Å². The second kappa shape index (κ2) is 7.42. The maximum Gasteiger partial charge on any atom is 0.422 e. The van der Waals surface area contributed by atoms with Crippen LogP contribution < -0.4 is 15.8 Å². The zero-order valence-electron chi connectivity index (χ0n) is 9.46. The minimum absolute atomic E-state index is 0. The van der Waals surface area contributed by atoms with Crippen LogP contribution in [-0.2, 0) is 4.79 Å². The molecule has 0 unspecified atom stereocenters. The van der Waals surface area contributed by atoms with Crippen molar-refractivity contribution in [3.05, 3.63) is 23.2 Å². The van der Waals surface area contributed by atoms with Gasteiger partial charge in [-0.05, 0) is 12.1 Å². The van der Waals surface area contributed by atoms with Gasteiger partial charge in [0, 0.05) is 11.1 Å². The van der Waals surface area contributed by atoms with Crippen LogP contribution in [0.3, 0.4) is 0 Å². The number of hydrogen-bond donors (Lipinski definition) is 2. The monoisotopic (exact) mass is 318 g/mol. The van der Waals surface area contributed by atoms with Crippen molar-refractivity contribution in [2.45, 2.75) is 6.18 Å². The molecule has 1 aromatic carbocycles. The molecule has 0 atom stereocenters. The molecular formula is C10H11Cl2F3N2O2. The van der Waals surface area contributed by atoms with Gasteiger partial charge >= 0.3 is 6.18 Å². The first kappa shape index (κ1) is 17.8. The number of anilines is 1. The molecule has 0 saturated carbocycles. The Morgan fingerprint density at radius 3 is 2.58 bits per heavy atom. The van der Waals surface area contributed by atoms with Gasteiger partial charge in [-0.2, -0.15) is 13.2 Å². The molecule has 0 spiro atoms. The van der Waals surface area contributed by atoms with Crippen molar-refractivity contribution in [2.75, 3.05) is 18.5 Å². The van der Waals surface area contributed by atoms with Gasteiger partial charge in [-0.1, -0.05) is 11.6 Å². The number of amides is 1. The van der Waals surface area contributed by atoms with Crippen LogP contribution in [0, 0.1) is 0 Å². The number of carbonyl (C=O) groups is 1. The maximum absolute atomic E-state index is 12.0. The Bertz CT molecular complexity index is 441. The number of rotatable bonds is 4. The highest BCUT2D eigenvalue weighted by Gasteiger charge is 2.29. The highest BCUT2D eigenvalue weighted by molar-refractivity contribution is 6.30. The number of nitrogens with two attached hydrogens (primary N) is 1. The summed E-state index contributed by atoms with van der Waals surface area (Å²) in [6.45, 7) is -1.76. The van der Waals surface area contributed by atoms with E-state index in [0.29, 0.717) is 0 Å². The third kappa shape index (κ3) is 6.51. The van der Waals surface area contributed by atoms with Crippen molar-refractivity contribution in [1.29, 1.82) is 0 Å². The Morgan fingerprint density at radius 2 is 2.05 bits per heavy atom. The van der Waals surface area contributed by atoms with Gasteiger partial charge in [0.2, 0.25) is 5.91 Å². The van der Waals surface area contributed by atoms with E-state index in [1.54, 1.807) is 0 Å². The van der Waals surface area contributed by atoms with Crippen molar-refractivity contribution < 1.29 is 22.7 Å². The lowest BCUT2D eigenvalue weighted by molar-refractivity contribution is -0.153. The molecular weight excluding hydrogens is 308 g/mol. The van der Waals surface area contributed by atoms with E-state index >= 15 is 0 Å². The van der Waals surface area contributed by atoms with Crippen molar-refractivity contribution in [2.24, 2.45) is 5.73 Å². The fourth-order valence-corrected chi connectivity index (χ4v) is 1.24. The molecule has 0 aliphatic carbocycles. The standard InChI is InChI=1S/C10H10ClF3N2O2.ClH/c11-6-1-2-7(16-9(17)4-15)8(3-6)18-5-10(12,13)14;/h1-3H,4-5,15H2,(H,16,17);1H. The molecule has 0 bridgehead atoms. The molecule has 0 heterocycles. The summed E-state index contributed by atoms with van der Waals surface area (Å²) in [6, 6.07) is 3.93. The predicted octanol–water partition coefficient (Wildman–Crippen LogP) is 2.60. The summed E-state index contributed by atoms with van der Waals surface area (Å²) in [6.07, 6.45) is -4.47. The third-order valence-electron chi connectivity index (χ3n) is 1.79. The summed E-state index contributed by atoms with van der Waals surface area (Å²) >= 11 is 5.64. The van der Waals surface area contributed by atoms with Crippen LogP contribution in [0.4, 0.5) is 18.9 Å². The number of hydrogen-bond acceptors (Lipinski definition) is 3. The molecule has 9 heteroatoms. The lowest BCUT2D eigenvalue weighted by atomic mass is 10.3. The van der Waals surface area contributed by atoms with Gasteiger partial charge in [0.15, 0.2) is 6.61 Å². The summed E-state index contributed by atoms with van der Waals surface area (Å²) in [5.74, 6) is -0.712. The van der Waals surface area contributed by atoms with E-state index in [4.69, 9.17) is 17.3 Å². The fourth-order valence-electron chi connectivity index (χ4n) is 1.08. The minimum Gasteiger partial charge on any atom is -0.482 e. The highest BCUT2D eigenvalue weighted by Crippen LogP contribution is 2.29. The quantitative estimate of drug-likeness (QED) is 0.897. The first-order valence-electron chi connectivity index (χ1n) is 4.81. The van der Waals surface area contributed by atoms with Crippen LogP contribution >= 0.6 is 24.0 Å². The van der Waals surface area contributed by atoms with Gasteiger partial charge < -0.3 is 15.8 Å². The average molecular weight is 319 g/mol. The molecule has 0 fully saturated rings. The summed E-state index contributed by atoms with van der Waals surface area (Å²) in [7, 11) is 0. The van der Waals surface area contributed by atoms with Crippen LogP contribution in [0.5, 0.6) is 5.75 Å². The Morgan fingerprint density at radius 1 is 1.42 bits per heavy atom. The molecule has 0 radical (unpaired) electrons. The van der Waals surface area contributed by atoms with Crippen LogP contribution in [0.1, 0.15) is 0 Å². The van der Waals surface area contributed by atoms with E-state index in [0.717, 1.165) is 0 Å². The number of benzene rings is 1. The molecule has 4 nitrogen and oxygen atoms in total. The van der Waals surface area contributed by atoms with Crippen molar-refractivity contribution >= 4 is 35.6 Å². The molecule has 0 saturated heterocycles. The van der Waals surface area contributed by atoms with Gasteiger partial charge in [0.05, 0.1) is 12.2 Å². The van der Waals surface area contributed by atoms with Crippen LogP contribution in [0.15, 0.2) is 18.2 Å². The number of halogens is 5. The molecule has 1 aromatic rings. The largest absolute Gasteiger partial charge is 0.482 e. The number of ether oxygens (including phenoxy) is 1. The molecule has 1 amide bonds. The van der Waals surface area contributed by atoms with E-state index in [1.165, 1.54) is 18.2 Å². The van der Waals surface area contributed by atoms with Gasteiger partial charge in [-0.15, -0.1) is 12.4 Å². The predicted molar refractivity (Wildman–Crippen MR) is 67.9 cm³/mol. The van der Waals surface area contributed by atoms with Crippen LogP contribution in [0.2, 0.25) is 5.02 Å². The Labute approximate surface area is 118 Å². The summed E-state index contributed by atoms with van der Waals surface area (Å²) in [5, 5.41) is 2.50. The normalized spacial score (nSPS) is 10.6. The van der Waals surface area contributed by atoms with E-state index in [-0.39, 0.29) is 35.4 Å². The molecule has 0 aliphatic heterocycles. The number of alkyl halides is 3. The molecule has 19 heavy (non-hydrogen) atoms. The smallest absolute Gasteiger partial charge is 0.422 e. The summed E-state index contributed by atoms with van der Waals surface area (Å²) < 4.78 is 40.7. The molecule has 108 valence electrons. The lowest BCUT2D eigenvalue weighted by Crippen LogP contribution is -2.23. The molecule has 0 aliphatic rings. The van der Waals surface area contributed by atoms with E-state index in [2.05, 4.69) is 10.1 Å². The van der Waals surface area contributed by atoms with Crippen molar-refractivity contribution in [3.63, 3.8) is 0 Å². The number of carbonyl (C=O) groups excluding carboxylic acids is 1. The summed E-state index contributed by atoms with van der Waals surface area (Å²) in [4.78, 5) is 11.1. The van der Waals surface area contributed by atoms with Crippen LogP contribution in [0.25, 0.3) is 0 Å². The Kier molecular flexibility index (Phi) is 6.96. The minimum atomic E-state index is -4.47. The Balaban J connectivity index is 0.00000324. The zero-order chi connectivity index (χ0) is 13.8. The van der Waals surface area contributed by atoms with E-state index in [1.807, 2.05) is 0 Å². The van der Waals surface area contributed by atoms with E-state index < -0.39 is 18.7 Å². The first-order valence-corrected chi connectivity index (χ1v) is 5.18. The fraction of sp³-hybridized carbons (Fsp3) is 0.300. The summed E-state index contributed by atoms with van der Waals surface area (Å²) in [5.41, 5.74) is 5.17. The molecule has 1 rings (SSSR count). The number of nitrogens with one attached hydrogen (secondary N) is 1. The van der Waals surface area contributed by atoms with Crippen LogP contribution in [-0.4, -0.2) is 25.2 Å². The second-order valence-electron chi connectivity index (χ2n) is 3.30. The van der Waals surface area contributed by atoms with Gasteiger partial charge in [-0.3, -0.25) is 4.79 Å². The molecule has 3 N–H and O–H groups in total. The highest BCUT2D eigenvalue weighted by atomic mass is 35.5. The SMILES string of the molecule is Cl.NCC(=O)Nc1ccc(Cl)cc1OCC(F)(F)F. The molecule has 0 aromatic heterocycles. The second-order valence-corrected chi connectivity index (χ2v) is 3.73. The van der Waals surface area contributed by atoms with Gasteiger partial charge in [-0.25, -0.2) is 0 Å². The van der Waals surface area contributed by atoms with Crippen molar-refractivity contribution in [1.82, 2.24) is 0 Å². The van der Waals surface area contributed by atoms with E-state index in [9.17, 15) is 18.0 Å². The average Bonchev–Trinajstić information content (AvgIpc) is 2.28. The maximum atomic E-state index is 12.0. The third-order valence-corrected chi connectivity index (χ3v) is 2.03. The van der Waals surface area contributed by atoms with Crippen molar-refractivity contribution in [3.8, 4) is 5.75 Å². The lowest BCUT2D eigenvalue weighted by Gasteiger charge is -2.13. The first-order chi connectivity index (χ1) is 8.31. The Hall–Kier alpha value is -1.18. The van der Waals surface area contributed by atoms with Gasteiger partial charge in [0.1, 0.15) is 5.75 Å².